The van der Waals surface area contributed by atoms with E-state index < -0.39 is 0 Å². The predicted molar refractivity (Wildman–Crippen MR) is 144 cm³/mol. The van der Waals surface area contributed by atoms with Crippen LogP contribution in [0.4, 0.5) is 0 Å². The minimum Gasteiger partial charge on any atom is -0.379 e. The summed E-state index contributed by atoms with van der Waals surface area (Å²) in [5, 5.41) is 6.84. The van der Waals surface area contributed by atoms with Crippen molar-refractivity contribution in [2.45, 2.75) is 45.8 Å². The lowest BCUT2D eigenvalue weighted by Crippen LogP contribution is -2.49. The van der Waals surface area contributed by atoms with Crippen LogP contribution in [0.5, 0.6) is 0 Å². The lowest BCUT2D eigenvalue weighted by Gasteiger charge is -2.32. The van der Waals surface area contributed by atoms with Gasteiger partial charge in [0.15, 0.2) is 5.96 Å². The van der Waals surface area contributed by atoms with Crippen LogP contribution in [0.3, 0.4) is 0 Å². The third kappa shape index (κ3) is 9.38. The zero-order chi connectivity index (χ0) is 22.8. The van der Waals surface area contributed by atoms with Crippen molar-refractivity contribution < 1.29 is 9.53 Å². The summed E-state index contributed by atoms with van der Waals surface area (Å²) in [6.07, 6.45) is 1.93. The molecule has 2 saturated heterocycles. The second-order valence-electron chi connectivity index (χ2n) is 8.87. The van der Waals surface area contributed by atoms with Gasteiger partial charge in [-0.15, -0.1) is 24.0 Å². The number of morpholine rings is 1. The number of nitrogens with one attached hydrogen (secondary N) is 2. The molecule has 2 aliphatic heterocycles. The molecule has 0 aliphatic carbocycles. The van der Waals surface area contributed by atoms with Crippen LogP contribution in [0.15, 0.2) is 29.3 Å². The molecule has 1 aromatic rings. The van der Waals surface area contributed by atoms with Gasteiger partial charge in [0, 0.05) is 45.3 Å². The Hall–Kier alpha value is -1.43. The molecule has 2 unspecified atom stereocenters. The van der Waals surface area contributed by atoms with Crippen molar-refractivity contribution in [1.29, 1.82) is 0 Å². The minimum absolute atomic E-state index is 0. The molecule has 1 amide bonds. The molecule has 0 aromatic heterocycles. The fraction of sp³-hybridized carbons (Fsp3) is 0.667. The number of carbonyl (C=O) groups excluding carboxylic acids is 1. The summed E-state index contributed by atoms with van der Waals surface area (Å²) >= 11 is 0. The quantitative estimate of drug-likeness (QED) is 0.237. The van der Waals surface area contributed by atoms with E-state index in [2.05, 4.69) is 58.5 Å². The largest absolute Gasteiger partial charge is 0.379 e. The van der Waals surface area contributed by atoms with Crippen molar-refractivity contribution in [3.63, 3.8) is 0 Å². The molecule has 8 nitrogen and oxygen atoms in total. The molecule has 9 heteroatoms. The highest BCUT2D eigenvalue weighted by Gasteiger charge is 2.23. The van der Waals surface area contributed by atoms with E-state index in [0.717, 1.165) is 77.8 Å². The van der Waals surface area contributed by atoms with Gasteiger partial charge in [-0.2, -0.15) is 0 Å². The maximum Gasteiger partial charge on any atom is 0.221 e. The molecule has 0 saturated carbocycles. The molecule has 2 aliphatic rings. The van der Waals surface area contributed by atoms with Crippen LogP contribution >= 0.6 is 24.0 Å². The number of guanidine groups is 1. The van der Waals surface area contributed by atoms with E-state index in [-0.39, 0.29) is 35.8 Å². The number of nitrogens with two attached hydrogens (primary N) is 1. The van der Waals surface area contributed by atoms with Crippen molar-refractivity contribution in [3.8, 4) is 0 Å². The summed E-state index contributed by atoms with van der Waals surface area (Å²) in [6, 6.07) is 9.01. The second-order valence-corrected chi connectivity index (χ2v) is 8.87. The van der Waals surface area contributed by atoms with Crippen LogP contribution in [-0.2, 0) is 22.6 Å². The zero-order valence-electron chi connectivity index (χ0n) is 20.1. The summed E-state index contributed by atoms with van der Waals surface area (Å²) in [6.45, 7) is 12.8. The molecule has 0 spiro atoms. The van der Waals surface area contributed by atoms with E-state index in [9.17, 15) is 4.79 Å². The van der Waals surface area contributed by atoms with Gasteiger partial charge < -0.3 is 21.1 Å². The molecule has 3 rings (SSSR count). The number of hydrogen-bond acceptors (Lipinski definition) is 5. The Labute approximate surface area is 215 Å². The Kier molecular flexibility index (Phi) is 12.4. The van der Waals surface area contributed by atoms with E-state index in [1.165, 1.54) is 11.1 Å². The molecule has 0 radical (unpaired) electrons. The fourth-order valence-corrected chi connectivity index (χ4v) is 4.42. The van der Waals surface area contributed by atoms with Crippen molar-refractivity contribution in [3.05, 3.63) is 35.4 Å². The van der Waals surface area contributed by atoms with E-state index in [4.69, 9.17) is 15.5 Å². The number of benzene rings is 1. The maximum atomic E-state index is 11.6. The van der Waals surface area contributed by atoms with Crippen molar-refractivity contribution >= 4 is 35.8 Å². The van der Waals surface area contributed by atoms with Gasteiger partial charge in [0.05, 0.1) is 25.7 Å². The smallest absolute Gasteiger partial charge is 0.221 e. The van der Waals surface area contributed by atoms with E-state index >= 15 is 0 Å². The average Bonchev–Trinajstić information content (AvgIpc) is 2.81. The Morgan fingerprint density at radius 2 is 2.00 bits per heavy atom. The zero-order valence-corrected chi connectivity index (χ0v) is 22.4. The summed E-state index contributed by atoms with van der Waals surface area (Å²) < 4.78 is 5.45. The van der Waals surface area contributed by atoms with Crippen LogP contribution in [0.25, 0.3) is 0 Å². The topological polar surface area (TPSA) is 95.2 Å². The molecule has 1 aromatic carbocycles. The first kappa shape index (κ1) is 27.8. The number of likely N-dealkylation sites (tertiary alicyclic amines) is 1. The molecule has 2 heterocycles. The van der Waals surface area contributed by atoms with Gasteiger partial charge in [-0.1, -0.05) is 24.3 Å². The molecule has 2 fully saturated rings. The highest BCUT2D eigenvalue weighted by Crippen LogP contribution is 2.19. The number of primary amides is 1. The minimum atomic E-state index is -0.177. The lowest BCUT2D eigenvalue weighted by atomic mass is 9.97. The Balaban J connectivity index is 0.00000385. The summed E-state index contributed by atoms with van der Waals surface area (Å²) in [5.41, 5.74) is 7.96. The maximum absolute atomic E-state index is 11.6. The number of piperidine rings is 1. The predicted octanol–water partition coefficient (Wildman–Crippen LogP) is 1.78. The third-order valence-electron chi connectivity index (χ3n) is 6.30. The highest BCUT2D eigenvalue weighted by molar-refractivity contribution is 14.0. The Bertz CT molecular complexity index is 756. The van der Waals surface area contributed by atoms with Gasteiger partial charge in [-0.05, 0) is 44.4 Å². The van der Waals surface area contributed by atoms with Gasteiger partial charge in [0.2, 0.25) is 5.91 Å². The van der Waals surface area contributed by atoms with Gasteiger partial charge in [0.1, 0.15) is 0 Å². The molecule has 186 valence electrons. The number of hydrogen-bond donors (Lipinski definition) is 3. The number of amides is 1. The van der Waals surface area contributed by atoms with Crippen molar-refractivity contribution in [1.82, 2.24) is 20.4 Å². The third-order valence-corrected chi connectivity index (χ3v) is 6.30. The van der Waals surface area contributed by atoms with Gasteiger partial charge in [-0.3, -0.25) is 14.6 Å². The molecule has 33 heavy (non-hydrogen) atoms. The molecule has 0 bridgehead atoms. The lowest BCUT2D eigenvalue weighted by molar-refractivity contribution is -0.123. The first-order chi connectivity index (χ1) is 15.5. The number of carbonyl (C=O) groups is 1. The Morgan fingerprint density at radius 3 is 2.73 bits per heavy atom. The molecule has 4 N–H and O–H groups in total. The Morgan fingerprint density at radius 1 is 1.24 bits per heavy atom. The number of aliphatic imine (C=N–C) groups is 1. The monoisotopic (exact) mass is 572 g/mol. The van der Waals surface area contributed by atoms with Crippen molar-refractivity contribution in [2.24, 2.45) is 16.6 Å². The van der Waals surface area contributed by atoms with Crippen LogP contribution in [-0.4, -0.2) is 80.2 Å². The highest BCUT2D eigenvalue weighted by atomic mass is 127. The molecule has 2 atom stereocenters. The van der Waals surface area contributed by atoms with E-state index in [0.29, 0.717) is 12.6 Å². The molecular weight excluding hydrogens is 531 g/mol. The van der Waals surface area contributed by atoms with E-state index in [1.807, 2.05) is 0 Å². The van der Waals surface area contributed by atoms with Crippen LogP contribution in [0, 0.1) is 5.92 Å². The first-order valence-corrected chi connectivity index (χ1v) is 12.0. The van der Waals surface area contributed by atoms with Crippen molar-refractivity contribution in [2.75, 3.05) is 52.5 Å². The first-order valence-electron chi connectivity index (χ1n) is 12.0. The number of ether oxygens (including phenoxy) is 1. The number of rotatable bonds is 9. The number of nitrogens with zero attached hydrogens (tertiary/aromatic N) is 3. The average molecular weight is 573 g/mol. The number of halogens is 1. The molecular formula is C24H41IN6O2. The second kappa shape index (κ2) is 14.7. The summed E-state index contributed by atoms with van der Waals surface area (Å²) in [7, 11) is 0. The summed E-state index contributed by atoms with van der Waals surface area (Å²) in [5.74, 6) is 0.646. The van der Waals surface area contributed by atoms with Crippen LogP contribution in [0.2, 0.25) is 0 Å². The van der Waals surface area contributed by atoms with Gasteiger partial charge >= 0.3 is 0 Å². The van der Waals surface area contributed by atoms with Crippen LogP contribution in [0.1, 0.15) is 37.8 Å². The summed E-state index contributed by atoms with van der Waals surface area (Å²) in [4.78, 5) is 21.1. The normalized spacial score (nSPS) is 21.2. The van der Waals surface area contributed by atoms with Gasteiger partial charge in [-0.25, -0.2) is 4.99 Å². The van der Waals surface area contributed by atoms with Crippen LogP contribution < -0.4 is 16.4 Å². The fourth-order valence-electron chi connectivity index (χ4n) is 4.42. The van der Waals surface area contributed by atoms with Gasteiger partial charge in [0.25, 0.3) is 0 Å². The standard InChI is InChI=1S/C24H40N6O2.HI/c1-3-26-24(27-15-19(2)30-10-12-32-13-11-30)28-16-20-6-4-7-21(14-20)17-29-9-5-8-22(18-29)23(25)31;/h4,6-7,14,19,22H,3,5,8-13,15-18H2,1-2H3,(H2,25,31)(H2,26,27,28);1H. The van der Waals surface area contributed by atoms with E-state index in [1.54, 1.807) is 0 Å². The SMILES string of the molecule is CCNC(=NCc1cccc(CN2CCCC(C(N)=O)C2)c1)NCC(C)N1CCOCC1.I.